The first-order valence-electron chi connectivity index (χ1n) is 4.53. The maximum atomic E-state index is 10.9. The van der Waals surface area contributed by atoms with Crippen molar-refractivity contribution in [3.63, 3.8) is 0 Å². The molecule has 74 valence electrons. The summed E-state index contributed by atoms with van der Waals surface area (Å²) in [6.07, 6.45) is 0.608. The molecule has 0 aromatic carbocycles. The van der Waals surface area contributed by atoms with Crippen molar-refractivity contribution in [1.29, 1.82) is 0 Å². The average Bonchev–Trinajstić information content (AvgIpc) is 2.01. The molecular weight excluding hydrogens is 172 g/mol. The predicted octanol–water partition coefficient (Wildman–Crippen LogP) is -0.145. The molecular formula is C8H14N2O3. The van der Waals surface area contributed by atoms with Gasteiger partial charge < -0.3 is 15.6 Å². The summed E-state index contributed by atoms with van der Waals surface area (Å²) in [5.41, 5.74) is 5.81. The molecule has 2 unspecified atom stereocenters. The van der Waals surface area contributed by atoms with Gasteiger partial charge in [-0.1, -0.05) is 0 Å². The molecule has 3 N–H and O–H groups in total. The van der Waals surface area contributed by atoms with Crippen LogP contribution in [0.5, 0.6) is 0 Å². The Labute approximate surface area is 76.5 Å². The van der Waals surface area contributed by atoms with Crippen molar-refractivity contribution in [2.75, 3.05) is 13.2 Å². The maximum Gasteiger partial charge on any atom is 0.407 e. The molecule has 2 bridgehead atoms. The van der Waals surface area contributed by atoms with Gasteiger partial charge in [0.25, 0.3) is 0 Å². The van der Waals surface area contributed by atoms with E-state index in [2.05, 4.69) is 0 Å². The van der Waals surface area contributed by atoms with Crippen molar-refractivity contribution in [3.8, 4) is 0 Å². The van der Waals surface area contributed by atoms with Crippen LogP contribution in [-0.4, -0.2) is 47.4 Å². The molecule has 2 aliphatic rings. The van der Waals surface area contributed by atoms with E-state index >= 15 is 0 Å². The van der Waals surface area contributed by atoms with Crippen molar-refractivity contribution >= 4 is 6.09 Å². The van der Waals surface area contributed by atoms with Crippen LogP contribution in [0.2, 0.25) is 0 Å². The normalized spacial score (nSPS) is 38.8. The molecule has 0 saturated carbocycles. The third-order valence-electron chi connectivity index (χ3n) is 2.78. The van der Waals surface area contributed by atoms with Gasteiger partial charge in [-0.25, -0.2) is 4.79 Å². The number of ether oxygens (including phenoxy) is 1. The number of nitrogens with zero attached hydrogens (tertiary/aromatic N) is 1. The van der Waals surface area contributed by atoms with Crippen molar-refractivity contribution in [2.24, 2.45) is 5.73 Å². The Morgan fingerprint density at radius 2 is 1.92 bits per heavy atom. The molecule has 2 atom stereocenters. The number of carboxylic acid groups (broad SMARTS) is 1. The largest absolute Gasteiger partial charge is 0.465 e. The number of rotatable bonds is 0. The summed E-state index contributed by atoms with van der Waals surface area (Å²) in [4.78, 5) is 12.4. The van der Waals surface area contributed by atoms with Crippen LogP contribution in [-0.2, 0) is 4.74 Å². The van der Waals surface area contributed by atoms with E-state index in [-0.39, 0.29) is 18.1 Å². The molecule has 2 saturated heterocycles. The Balaban J connectivity index is 2.14. The Morgan fingerprint density at radius 1 is 1.38 bits per heavy atom. The Hall–Kier alpha value is -0.810. The second kappa shape index (κ2) is 3.16. The first-order chi connectivity index (χ1) is 6.18. The number of nitrogens with two attached hydrogens (primary N) is 1. The first kappa shape index (κ1) is 8.77. The van der Waals surface area contributed by atoms with E-state index in [1.165, 1.54) is 4.90 Å². The van der Waals surface area contributed by atoms with Gasteiger partial charge in [0.15, 0.2) is 0 Å². The zero-order valence-corrected chi connectivity index (χ0v) is 7.35. The van der Waals surface area contributed by atoms with Crippen LogP contribution < -0.4 is 5.73 Å². The average molecular weight is 186 g/mol. The lowest BCUT2D eigenvalue weighted by Gasteiger charge is -2.46. The molecule has 13 heavy (non-hydrogen) atoms. The molecule has 2 heterocycles. The summed E-state index contributed by atoms with van der Waals surface area (Å²) in [7, 11) is 0. The number of hydrogen-bond donors (Lipinski definition) is 2. The van der Waals surface area contributed by atoms with Gasteiger partial charge in [-0.05, 0) is 12.8 Å². The van der Waals surface area contributed by atoms with Crippen LogP contribution in [0.1, 0.15) is 12.8 Å². The number of carbonyl (C=O) groups is 1. The van der Waals surface area contributed by atoms with E-state index < -0.39 is 6.09 Å². The predicted molar refractivity (Wildman–Crippen MR) is 45.5 cm³/mol. The second-order valence-electron chi connectivity index (χ2n) is 3.77. The minimum absolute atomic E-state index is 0.0278. The summed E-state index contributed by atoms with van der Waals surface area (Å²) in [5.74, 6) is 0. The topological polar surface area (TPSA) is 75.8 Å². The fourth-order valence-corrected chi connectivity index (χ4v) is 2.27. The molecule has 5 nitrogen and oxygen atoms in total. The lowest BCUT2D eigenvalue weighted by atomic mass is 9.91. The zero-order chi connectivity index (χ0) is 9.42. The summed E-state index contributed by atoms with van der Waals surface area (Å²) < 4.78 is 5.30. The number of piperidine rings is 1. The first-order valence-corrected chi connectivity index (χ1v) is 4.53. The standard InChI is InChI=1S/C8H14N2O3/c9-5-1-6-3-13-4-7(2-5)10(6)8(11)12/h5-7H,1-4,9H2,(H,11,12). The summed E-state index contributed by atoms with van der Waals surface area (Å²) >= 11 is 0. The van der Waals surface area contributed by atoms with Crippen molar-refractivity contribution in [3.05, 3.63) is 0 Å². The Bertz CT molecular complexity index is 207. The highest BCUT2D eigenvalue weighted by Crippen LogP contribution is 2.26. The van der Waals surface area contributed by atoms with Crippen molar-refractivity contribution < 1.29 is 14.6 Å². The summed E-state index contributed by atoms with van der Waals surface area (Å²) in [6.45, 7) is 0.993. The minimum atomic E-state index is -0.842. The highest BCUT2D eigenvalue weighted by Gasteiger charge is 2.40. The number of morpholine rings is 1. The molecule has 1 amide bonds. The second-order valence-corrected chi connectivity index (χ2v) is 3.77. The highest BCUT2D eigenvalue weighted by atomic mass is 16.5. The lowest BCUT2D eigenvalue weighted by molar-refractivity contribution is -0.0637. The van der Waals surface area contributed by atoms with Crippen LogP contribution in [0.4, 0.5) is 4.79 Å². The molecule has 0 spiro atoms. The lowest BCUT2D eigenvalue weighted by Crippen LogP contribution is -2.61. The van der Waals surface area contributed by atoms with E-state index in [0.29, 0.717) is 13.2 Å². The van der Waals surface area contributed by atoms with Gasteiger partial charge in [-0.3, -0.25) is 4.90 Å². The zero-order valence-electron chi connectivity index (χ0n) is 7.35. The maximum absolute atomic E-state index is 10.9. The van der Waals surface area contributed by atoms with Gasteiger partial charge in [0.1, 0.15) is 0 Å². The van der Waals surface area contributed by atoms with Crippen LogP contribution in [0.15, 0.2) is 0 Å². The molecule has 0 aromatic heterocycles. The quantitative estimate of drug-likeness (QED) is 0.552. The van der Waals surface area contributed by atoms with E-state index in [0.717, 1.165) is 12.8 Å². The van der Waals surface area contributed by atoms with Crippen LogP contribution >= 0.6 is 0 Å². The van der Waals surface area contributed by atoms with Gasteiger partial charge in [-0.2, -0.15) is 0 Å². The summed E-state index contributed by atoms with van der Waals surface area (Å²) in [5, 5.41) is 8.96. The fraction of sp³-hybridized carbons (Fsp3) is 0.875. The molecule has 2 fully saturated rings. The van der Waals surface area contributed by atoms with E-state index in [4.69, 9.17) is 15.6 Å². The Kier molecular flexibility index (Phi) is 2.13. The third kappa shape index (κ3) is 1.49. The van der Waals surface area contributed by atoms with E-state index in [1.54, 1.807) is 0 Å². The SMILES string of the molecule is NC1CC2COCC(C1)N2C(=O)O. The molecule has 2 aliphatic heterocycles. The molecule has 2 rings (SSSR count). The van der Waals surface area contributed by atoms with Crippen LogP contribution in [0.3, 0.4) is 0 Å². The van der Waals surface area contributed by atoms with Crippen molar-refractivity contribution in [2.45, 2.75) is 31.0 Å². The van der Waals surface area contributed by atoms with Crippen molar-refractivity contribution in [1.82, 2.24) is 4.90 Å². The number of fused-ring (bicyclic) bond motifs is 2. The smallest absolute Gasteiger partial charge is 0.407 e. The van der Waals surface area contributed by atoms with E-state index in [9.17, 15) is 4.79 Å². The monoisotopic (exact) mass is 186 g/mol. The van der Waals surface area contributed by atoms with Gasteiger partial charge in [0.05, 0.1) is 25.3 Å². The molecule has 0 aliphatic carbocycles. The molecule has 5 heteroatoms. The van der Waals surface area contributed by atoms with Gasteiger partial charge in [0, 0.05) is 6.04 Å². The number of amides is 1. The molecule has 0 radical (unpaired) electrons. The van der Waals surface area contributed by atoms with Crippen LogP contribution in [0, 0.1) is 0 Å². The molecule has 0 aromatic rings. The highest BCUT2D eigenvalue weighted by molar-refractivity contribution is 5.66. The van der Waals surface area contributed by atoms with Gasteiger partial charge in [0.2, 0.25) is 0 Å². The van der Waals surface area contributed by atoms with Crippen LogP contribution in [0.25, 0.3) is 0 Å². The number of hydrogen-bond acceptors (Lipinski definition) is 3. The summed E-state index contributed by atoms with van der Waals surface area (Å²) in [6, 6.07) is 0.0782. The minimum Gasteiger partial charge on any atom is -0.465 e. The van der Waals surface area contributed by atoms with Gasteiger partial charge >= 0.3 is 6.09 Å². The fourth-order valence-electron chi connectivity index (χ4n) is 2.27. The third-order valence-corrected chi connectivity index (χ3v) is 2.78. The Morgan fingerprint density at radius 3 is 2.38 bits per heavy atom. The van der Waals surface area contributed by atoms with Gasteiger partial charge in [-0.15, -0.1) is 0 Å². The van der Waals surface area contributed by atoms with E-state index in [1.807, 2.05) is 0 Å².